The van der Waals surface area contributed by atoms with Gasteiger partial charge >= 0.3 is 0 Å². The second kappa shape index (κ2) is 8.53. The number of piperazine rings is 1. The molecule has 2 atom stereocenters. The third kappa shape index (κ3) is 5.39. The summed E-state index contributed by atoms with van der Waals surface area (Å²) >= 11 is 0. The first-order valence-electron chi connectivity index (χ1n) is 7.23. The number of nitrogens with zero attached hydrogens (tertiary/aromatic N) is 2. The Morgan fingerprint density at radius 2 is 2.17 bits per heavy atom. The number of hydrogen-bond donors (Lipinski definition) is 1. The van der Waals surface area contributed by atoms with E-state index in [0.717, 1.165) is 19.4 Å². The van der Waals surface area contributed by atoms with Gasteiger partial charge in [0.2, 0.25) is 0 Å². The molecule has 104 valence electrons. The summed E-state index contributed by atoms with van der Waals surface area (Å²) in [6, 6.07) is 1.23. The van der Waals surface area contributed by atoms with Crippen LogP contribution in [0.4, 0.5) is 0 Å². The van der Waals surface area contributed by atoms with Gasteiger partial charge in [0.15, 0.2) is 0 Å². The zero-order chi connectivity index (χ0) is 13.4. The maximum absolute atomic E-state index is 5.39. The molecule has 0 saturated carbocycles. The average molecular weight is 251 g/mol. The second-order valence-corrected chi connectivity index (χ2v) is 5.53. The molecule has 0 radical (unpaired) electrons. The Kier molecular flexibility index (Phi) is 7.34. The second-order valence-electron chi connectivity index (χ2n) is 5.53. The van der Waals surface area contributed by atoms with Crippen LogP contribution >= 0.6 is 0 Å². The highest BCUT2D eigenvalue weighted by molar-refractivity contribution is 4.88. The topological polar surface area (TPSA) is 18.5 Å². The molecule has 0 bridgehead atoms. The summed E-state index contributed by atoms with van der Waals surface area (Å²) in [7, 11) is 4.46. The molecular formula is C15H29N3. The van der Waals surface area contributed by atoms with Gasteiger partial charge in [-0.3, -0.25) is 0 Å². The van der Waals surface area contributed by atoms with Crippen LogP contribution in [-0.4, -0.2) is 62.2 Å². The monoisotopic (exact) mass is 251 g/mol. The number of nitrogens with one attached hydrogen (secondary N) is 1. The van der Waals surface area contributed by atoms with E-state index >= 15 is 0 Å². The van der Waals surface area contributed by atoms with E-state index < -0.39 is 0 Å². The van der Waals surface area contributed by atoms with Gasteiger partial charge in [-0.15, -0.1) is 12.3 Å². The van der Waals surface area contributed by atoms with Crippen molar-refractivity contribution >= 4 is 0 Å². The molecule has 1 rings (SSSR count). The maximum Gasteiger partial charge on any atom is 0.0235 e. The summed E-state index contributed by atoms with van der Waals surface area (Å²) in [5.41, 5.74) is 0. The van der Waals surface area contributed by atoms with Crippen molar-refractivity contribution in [1.82, 2.24) is 15.1 Å². The average Bonchev–Trinajstić information content (AvgIpc) is 2.37. The molecule has 1 aliphatic rings. The lowest BCUT2D eigenvalue weighted by molar-refractivity contribution is 0.100. The Balaban J connectivity index is 2.44. The minimum Gasteiger partial charge on any atom is -0.314 e. The number of likely N-dealkylation sites (N-methyl/N-ethyl adjacent to an activating group) is 2. The van der Waals surface area contributed by atoms with Crippen molar-refractivity contribution in [1.29, 1.82) is 0 Å². The molecule has 18 heavy (non-hydrogen) atoms. The number of rotatable bonds is 7. The third-order valence-electron chi connectivity index (χ3n) is 3.86. The summed E-state index contributed by atoms with van der Waals surface area (Å²) in [5, 5.41) is 3.65. The van der Waals surface area contributed by atoms with Crippen LogP contribution in [0, 0.1) is 12.3 Å². The summed E-state index contributed by atoms with van der Waals surface area (Å²) in [6.07, 6.45) is 9.77. The fourth-order valence-electron chi connectivity index (χ4n) is 2.59. The minimum absolute atomic E-state index is 0.569. The number of hydrogen-bond acceptors (Lipinski definition) is 3. The van der Waals surface area contributed by atoms with Crippen LogP contribution in [0.5, 0.6) is 0 Å². The fraction of sp³-hybridized carbons (Fsp3) is 0.867. The van der Waals surface area contributed by atoms with Gasteiger partial charge < -0.3 is 15.1 Å². The first kappa shape index (κ1) is 15.5. The first-order chi connectivity index (χ1) is 8.67. The Morgan fingerprint density at radius 1 is 1.39 bits per heavy atom. The highest BCUT2D eigenvalue weighted by Crippen LogP contribution is 2.14. The fourth-order valence-corrected chi connectivity index (χ4v) is 2.59. The molecule has 3 nitrogen and oxygen atoms in total. The molecule has 0 aliphatic carbocycles. The lowest BCUT2D eigenvalue weighted by Gasteiger charge is -2.39. The third-order valence-corrected chi connectivity index (χ3v) is 3.86. The van der Waals surface area contributed by atoms with Crippen LogP contribution in [0.2, 0.25) is 0 Å². The van der Waals surface area contributed by atoms with E-state index in [-0.39, 0.29) is 0 Å². The highest BCUT2D eigenvalue weighted by atomic mass is 15.3. The van der Waals surface area contributed by atoms with Crippen LogP contribution in [0.1, 0.15) is 32.6 Å². The summed E-state index contributed by atoms with van der Waals surface area (Å²) in [5.74, 6) is 2.77. The molecule has 2 unspecified atom stereocenters. The van der Waals surface area contributed by atoms with E-state index in [9.17, 15) is 0 Å². The van der Waals surface area contributed by atoms with E-state index in [1.807, 2.05) is 0 Å². The molecule has 0 aromatic heterocycles. The van der Waals surface area contributed by atoms with Crippen molar-refractivity contribution in [2.45, 2.75) is 44.7 Å². The smallest absolute Gasteiger partial charge is 0.0235 e. The summed E-state index contributed by atoms with van der Waals surface area (Å²) in [6.45, 7) is 6.85. The van der Waals surface area contributed by atoms with E-state index in [1.54, 1.807) is 0 Å². The van der Waals surface area contributed by atoms with E-state index in [4.69, 9.17) is 6.42 Å². The van der Waals surface area contributed by atoms with Gasteiger partial charge in [0.05, 0.1) is 0 Å². The zero-order valence-corrected chi connectivity index (χ0v) is 12.3. The summed E-state index contributed by atoms with van der Waals surface area (Å²) in [4.78, 5) is 4.93. The van der Waals surface area contributed by atoms with Gasteiger partial charge in [0.1, 0.15) is 0 Å². The lowest BCUT2D eigenvalue weighted by atomic mass is 9.99. The Morgan fingerprint density at radius 3 is 2.83 bits per heavy atom. The quantitative estimate of drug-likeness (QED) is 0.690. The molecule has 1 heterocycles. The minimum atomic E-state index is 0.569. The molecule has 1 fully saturated rings. The molecule has 0 spiro atoms. The molecule has 1 aliphatic heterocycles. The predicted octanol–water partition coefficient (Wildman–Crippen LogP) is 1.40. The summed E-state index contributed by atoms with van der Waals surface area (Å²) < 4.78 is 0. The van der Waals surface area contributed by atoms with Crippen molar-refractivity contribution in [2.24, 2.45) is 0 Å². The van der Waals surface area contributed by atoms with Gasteiger partial charge in [-0.1, -0.05) is 6.92 Å². The van der Waals surface area contributed by atoms with E-state index in [1.165, 1.54) is 32.5 Å². The van der Waals surface area contributed by atoms with Gasteiger partial charge in [-0.05, 0) is 39.9 Å². The Hall–Kier alpha value is -0.560. The van der Waals surface area contributed by atoms with Crippen LogP contribution in [0.3, 0.4) is 0 Å². The van der Waals surface area contributed by atoms with Crippen molar-refractivity contribution < 1.29 is 0 Å². The first-order valence-corrected chi connectivity index (χ1v) is 7.23. The van der Waals surface area contributed by atoms with E-state index in [2.05, 4.69) is 42.1 Å². The SMILES string of the molecule is C#CCCC(CC1CN(C)CCN1C)NCCC. The van der Waals surface area contributed by atoms with Crippen LogP contribution in [-0.2, 0) is 0 Å². The largest absolute Gasteiger partial charge is 0.314 e. The standard InChI is InChI=1S/C15H29N3/c1-5-7-8-14(16-9-6-2)12-15-13-17(3)10-11-18(15)4/h1,14-16H,6-13H2,2-4H3. The molecule has 0 aromatic carbocycles. The van der Waals surface area contributed by atoms with Crippen LogP contribution in [0.15, 0.2) is 0 Å². The molecule has 0 amide bonds. The zero-order valence-electron chi connectivity index (χ0n) is 12.3. The Labute approximate surface area is 113 Å². The van der Waals surface area contributed by atoms with Gasteiger partial charge in [-0.2, -0.15) is 0 Å². The van der Waals surface area contributed by atoms with Crippen molar-refractivity contribution in [3.05, 3.63) is 0 Å². The van der Waals surface area contributed by atoms with Crippen LogP contribution in [0.25, 0.3) is 0 Å². The Bertz CT molecular complexity index is 259. The maximum atomic E-state index is 5.39. The van der Waals surface area contributed by atoms with Gasteiger partial charge in [-0.25, -0.2) is 0 Å². The highest BCUT2D eigenvalue weighted by Gasteiger charge is 2.24. The molecule has 1 N–H and O–H groups in total. The van der Waals surface area contributed by atoms with Crippen molar-refractivity contribution in [3.63, 3.8) is 0 Å². The number of terminal acetylenes is 1. The predicted molar refractivity (Wildman–Crippen MR) is 78.7 cm³/mol. The van der Waals surface area contributed by atoms with Gasteiger partial charge in [0.25, 0.3) is 0 Å². The molecular weight excluding hydrogens is 222 g/mol. The van der Waals surface area contributed by atoms with Crippen LogP contribution < -0.4 is 5.32 Å². The molecule has 0 aromatic rings. The normalized spacial score (nSPS) is 23.8. The molecule has 1 saturated heterocycles. The van der Waals surface area contributed by atoms with Crippen molar-refractivity contribution in [3.8, 4) is 12.3 Å². The van der Waals surface area contributed by atoms with Crippen molar-refractivity contribution in [2.75, 3.05) is 40.3 Å². The van der Waals surface area contributed by atoms with Gasteiger partial charge in [0, 0.05) is 38.1 Å². The lowest BCUT2D eigenvalue weighted by Crippen LogP contribution is -2.52. The molecule has 3 heteroatoms. The van der Waals surface area contributed by atoms with E-state index in [0.29, 0.717) is 12.1 Å².